The maximum Gasteiger partial charge on any atom is 0.228 e. The number of ether oxygens (including phenoxy) is 2. The number of hydrogen-bond donors (Lipinski definition) is 1. The van der Waals surface area contributed by atoms with Crippen molar-refractivity contribution >= 4 is 28.9 Å². The van der Waals surface area contributed by atoms with Gasteiger partial charge in [0.1, 0.15) is 5.75 Å². The number of nitrogens with zero attached hydrogens (tertiary/aromatic N) is 1. The molecule has 0 aromatic heterocycles. The van der Waals surface area contributed by atoms with Crippen molar-refractivity contribution in [2.75, 3.05) is 43.1 Å². The van der Waals surface area contributed by atoms with Crippen LogP contribution < -0.4 is 15.0 Å². The lowest BCUT2D eigenvalue weighted by Gasteiger charge is -2.30. The summed E-state index contributed by atoms with van der Waals surface area (Å²) in [6.07, 6.45) is 0.293. The van der Waals surface area contributed by atoms with Gasteiger partial charge in [-0.1, -0.05) is 23.7 Å². The van der Waals surface area contributed by atoms with Gasteiger partial charge in [-0.15, -0.1) is 0 Å². The zero-order valence-electron chi connectivity index (χ0n) is 14.8. The van der Waals surface area contributed by atoms with Gasteiger partial charge in [0.25, 0.3) is 0 Å². The molecule has 6 heteroatoms. The van der Waals surface area contributed by atoms with E-state index in [4.69, 9.17) is 21.1 Å². The fraction of sp³-hybridized carbons (Fsp3) is 0.350. The number of amides is 1. The Labute approximate surface area is 158 Å². The van der Waals surface area contributed by atoms with Crippen LogP contribution in [0.5, 0.6) is 5.75 Å². The van der Waals surface area contributed by atoms with Gasteiger partial charge < -0.3 is 19.7 Å². The van der Waals surface area contributed by atoms with Crippen LogP contribution in [-0.4, -0.2) is 38.8 Å². The molecule has 5 nitrogen and oxygen atoms in total. The van der Waals surface area contributed by atoms with E-state index < -0.39 is 0 Å². The van der Waals surface area contributed by atoms with E-state index in [1.807, 2.05) is 43.3 Å². The molecule has 26 heavy (non-hydrogen) atoms. The Morgan fingerprint density at radius 3 is 2.62 bits per heavy atom. The standard InChI is InChI=1S/C20H23ClN2O3/c1-2-26-17-6-3-15(4-7-17)13-20(24)22-18-14-16(21)5-8-19(18)23-9-11-25-12-10-23/h3-8,14H,2,9-13H2,1H3,(H,22,24). The van der Waals surface area contributed by atoms with Gasteiger partial charge in [-0.25, -0.2) is 0 Å². The first kappa shape index (κ1) is 18.5. The number of hydrogen-bond acceptors (Lipinski definition) is 4. The summed E-state index contributed by atoms with van der Waals surface area (Å²) in [4.78, 5) is 14.7. The number of carbonyl (C=O) groups is 1. The van der Waals surface area contributed by atoms with Gasteiger partial charge in [0.15, 0.2) is 0 Å². The third kappa shape index (κ3) is 4.90. The number of benzene rings is 2. The lowest BCUT2D eigenvalue weighted by molar-refractivity contribution is -0.115. The quantitative estimate of drug-likeness (QED) is 0.836. The van der Waals surface area contributed by atoms with Crippen LogP contribution in [0.15, 0.2) is 42.5 Å². The lowest BCUT2D eigenvalue weighted by Crippen LogP contribution is -2.36. The number of nitrogens with one attached hydrogen (secondary N) is 1. The summed E-state index contributed by atoms with van der Waals surface area (Å²) in [6, 6.07) is 13.2. The average Bonchev–Trinajstić information content (AvgIpc) is 2.64. The molecule has 0 atom stereocenters. The van der Waals surface area contributed by atoms with Gasteiger partial charge in [0.2, 0.25) is 5.91 Å². The van der Waals surface area contributed by atoms with E-state index in [0.29, 0.717) is 31.3 Å². The first-order valence-corrected chi connectivity index (χ1v) is 9.17. The van der Waals surface area contributed by atoms with Crippen molar-refractivity contribution in [3.05, 3.63) is 53.1 Å². The second-order valence-electron chi connectivity index (χ2n) is 6.06. The van der Waals surface area contributed by atoms with Crippen molar-refractivity contribution in [3.8, 4) is 5.75 Å². The van der Waals surface area contributed by atoms with E-state index in [2.05, 4.69) is 10.2 Å². The van der Waals surface area contributed by atoms with Crippen LogP contribution in [0.25, 0.3) is 0 Å². The topological polar surface area (TPSA) is 50.8 Å². The number of carbonyl (C=O) groups excluding carboxylic acids is 1. The van der Waals surface area contributed by atoms with Gasteiger partial charge in [-0.2, -0.15) is 0 Å². The monoisotopic (exact) mass is 374 g/mol. The van der Waals surface area contributed by atoms with Crippen molar-refractivity contribution in [2.24, 2.45) is 0 Å². The Bertz CT molecular complexity index is 743. The lowest BCUT2D eigenvalue weighted by atomic mass is 10.1. The fourth-order valence-electron chi connectivity index (χ4n) is 2.94. The number of rotatable bonds is 6. The largest absolute Gasteiger partial charge is 0.494 e. The summed E-state index contributed by atoms with van der Waals surface area (Å²) in [6.45, 7) is 5.52. The zero-order valence-corrected chi connectivity index (χ0v) is 15.6. The average molecular weight is 375 g/mol. The number of halogens is 1. The Morgan fingerprint density at radius 2 is 1.92 bits per heavy atom. The Hall–Kier alpha value is -2.24. The highest BCUT2D eigenvalue weighted by Crippen LogP contribution is 2.30. The van der Waals surface area contributed by atoms with Gasteiger partial charge in [-0.05, 0) is 42.8 Å². The van der Waals surface area contributed by atoms with E-state index >= 15 is 0 Å². The molecule has 1 heterocycles. The van der Waals surface area contributed by atoms with Crippen LogP contribution in [0.2, 0.25) is 5.02 Å². The summed E-state index contributed by atoms with van der Waals surface area (Å²) in [7, 11) is 0. The maximum absolute atomic E-state index is 12.5. The summed E-state index contributed by atoms with van der Waals surface area (Å²) < 4.78 is 10.8. The number of morpholine rings is 1. The highest BCUT2D eigenvalue weighted by atomic mass is 35.5. The first-order chi connectivity index (χ1) is 12.7. The summed E-state index contributed by atoms with van der Waals surface area (Å²) >= 11 is 6.14. The molecular weight excluding hydrogens is 352 g/mol. The summed E-state index contributed by atoms with van der Waals surface area (Å²) in [5.74, 6) is 0.729. The normalized spacial score (nSPS) is 14.2. The number of anilines is 2. The molecule has 0 unspecified atom stereocenters. The molecule has 2 aromatic rings. The van der Waals surface area contributed by atoms with E-state index in [0.717, 1.165) is 35.8 Å². The van der Waals surface area contributed by atoms with Gasteiger partial charge in [0.05, 0.1) is 37.6 Å². The minimum absolute atomic E-state index is 0.0778. The minimum Gasteiger partial charge on any atom is -0.494 e. The third-order valence-corrected chi connectivity index (χ3v) is 4.42. The molecule has 2 aromatic carbocycles. The van der Waals surface area contributed by atoms with Crippen LogP contribution in [0, 0.1) is 0 Å². The third-order valence-electron chi connectivity index (χ3n) is 4.18. The predicted octanol–water partition coefficient (Wildman–Crippen LogP) is 3.76. The first-order valence-electron chi connectivity index (χ1n) is 8.79. The maximum atomic E-state index is 12.5. The smallest absolute Gasteiger partial charge is 0.228 e. The SMILES string of the molecule is CCOc1ccc(CC(=O)Nc2cc(Cl)ccc2N2CCOCC2)cc1. The molecule has 1 amide bonds. The highest BCUT2D eigenvalue weighted by molar-refractivity contribution is 6.31. The van der Waals surface area contributed by atoms with Crippen molar-refractivity contribution in [2.45, 2.75) is 13.3 Å². The van der Waals surface area contributed by atoms with Gasteiger partial charge in [-0.3, -0.25) is 4.79 Å². The van der Waals surface area contributed by atoms with Crippen molar-refractivity contribution in [1.29, 1.82) is 0 Å². The molecule has 0 aliphatic carbocycles. The van der Waals surface area contributed by atoms with Gasteiger partial charge in [0, 0.05) is 18.1 Å². The molecule has 0 bridgehead atoms. The fourth-order valence-corrected chi connectivity index (χ4v) is 3.11. The molecular formula is C20H23ClN2O3. The highest BCUT2D eigenvalue weighted by Gasteiger charge is 2.16. The van der Waals surface area contributed by atoms with E-state index in [1.165, 1.54) is 0 Å². The van der Waals surface area contributed by atoms with Crippen LogP contribution >= 0.6 is 11.6 Å². The molecule has 0 radical (unpaired) electrons. The zero-order chi connectivity index (χ0) is 18.4. The van der Waals surface area contributed by atoms with Gasteiger partial charge >= 0.3 is 0 Å². The second-order valence-corrected chi connectivity index (χ2v) is 6.50. The molecule has 1 fully saturated rings. The van der Waals surface area contributed by atoms with Crippen molar-refractivity contribution in [1.82, 2.24) is 0 Å². The minimum atomic E-state index is -0.0778. The molecule has 138 valence electrons. The molecule has 1 N–H and O–H groups in total. The molecule has 3 rings (SSSR count). The van der Waals surface area contributed by atoms with E-state index in [1.54, 1.807) is 6.07 Å². The Balaban J connectivity index is 1.69. The molecule has 1 aliphatic rings. The Kier molecular flexibility index (Phi) is 6.36. The van der Waals surface area contributed by atoms with Crippen molar-refractivity contribution in [3.63, 3.8) is 0 Å². The summed E-state index contributed by atoms with van der Waals surface area (Å²) in [5, 5.41) is 3.60. The Morgan fingerprint density at radius 1 is 1.19 bits per heavy atom. The molecule has 1 saturated heterocycles. The molecule has 0 saturated carbocycles. The van der Waals surface area contributed by atoms with Crippen LogP contribution in [0.1, 0.15) is 12.5 Å². The second kappa shape index (κ2) is 8.92. The van der Waals surface area contributed by atoms with Crippen molar-refractivity contribution < 1.29 is 14.3 Å². The van der Waals surface area contributed by atoms with Crippen LogP contribution in [-0.2, 0) is 16.0 Å². The van der Waals surface area contributed by atoms with E-state index in [9.17, 15) is 4.79 Å². The van der Waals surface area contributed by atoms with E-state index in [-0.39, 0.29) is 5.91 Å². The molecule has 0 spiro atoms. The molecule has 1 aliphatic heterocycles. The van der Waals surface area contributed by atoms with Crippen LogP contribution in [0.3, 0.4) is 0 Å². The predicted molar refractivity (Wildman–Crippen MR) is 104 cm³/mol. The summed E-state index contributed by atoms with van der Waals surface area (Å²) in [5.41, 5.74) is 2.63. The van der Waals surface area contributed by atoms with Crippen LogP contribution in [0.4, 0.5) is 11.4 Å².